The van der Waals surface area contributed by atoms with Crippen LogP contribution in [0.4, 0.5) is 5.82 Å². The number of fused-ring (bicyclic) bond motifs is 1. The van der Waals surface area contributed by atoms with E-state index in [0.717, 1.165) is 29.4 Å². The predicted octanol–water partition coefficient (Wildman–Crippen LogP) is 3.59. The van der Waals surface area contributed by atoms with Crippen LogP contribution in [0.15, 0.2) is 42.6 Å². The zero-order valence-corrected chi connectivity index (χ0v) is 16.9. The molecule has 8 nitrogen and oxygen atoms in total. The van der Waals surface area contributed by atoms with Crippen molar-refractivity contribution in [3.8, 4) is 22.9 Å². The number of rotatable bonds is 8. The summed E-state index contributed by atoms with van der Waals surface area (Å²) in [5.74, 6) is 0.515. The minimum absolute atomic E-state index is 0.0234. The largest absolute Gasteiger partial charge is 0.382 e. The first kappa shape index (κ1) is 19.9. The van der Waals surface area contributed by atoms with Gasteiger partial charge in [0.05, 0.1) is 11.8 Å². The lowest BCUT2D eigenvalue weighted by atomic mass is 10.0. The maximum absolute atomic E-state index is 12.1. The van der Waals surface area contributed by atoms with Crippen LogP contribution in [-0.2, 0) is 14.9 Å². The van der Waals surface area contributed by atoms with Crippen LogP contribution in [-0.4, -0.2) is 30.0 Å². The van der Waals surface area contributed by atoms with Gasteiger partial charge in [0.25, 0.3) is 0 Å². The maximum atomic E-state index is 12.1. The predicted molar refractivity (Wildman–Crippen MR) is 112 cm³/mol. The van der Waals surface area contributed by atoms with Gasteiger partial charge in [0, 0.05) is 23.9 Å². The molecule has 0 radical (unpaired) electrons. The summed E-state index contributed by atoms with van der Waals surface area (Å²) in [5.41, 5.74) is 2.34. The number of nitrogens with one attached hydrogen (secondary N) is 2. The molecular weight excluding hydrogens is 404 g/mol. The summed E-state index contributed by atoms with van der Waals surface area (Å²) in [5, 5.41) is 12.3. The van der Waals surface area contributed by atoms with E-state index in [9.17, 15) is 13.2 Å². The molecule has 3 aromatic rings. The van der Waals surface area contributed by atoms with Gasteiger partial charge in [-0.25, -0.2) is 4.98 Å². The van der Waals surface area contributed by atoms with E-state index in [1.165, 1.54) is 0 Å². The van der Waals surface area contributed by atoms with Crippen LogP contribution in [0.1, 0.15) is 25.7 Å². The van der Waals surface area contributed by atoms with E-state index in [-0.39, 0.29) is 36.2 Å². The first-order chi connectivity index (χ1) is 14.4. The highest BCUT2D eigenvalue weighted by atomic mass is 32.2. The van der Waals surface area contributed by atoms with Gasteiger partial charge in [-0.1, -0.05) is 12.1 Å². The molecule has 0 aliphatic heterocycles. The van der Waals surface area contributed by atoms with Gasteiger partial charge >= 0.3 is 10.1 Å². The number of H-pyrrole nitrogens is 1. The van der Waals surface area contributed by atoms with Crippen LogP contribution >= 0.6 is 0 Å². The molecule has 1 aromatic carbocycles. The number of anilines is 1. The third-order valence-corrected chi connectivity index (χ3v) is 6.03. The second kappa shape index (κ2) is 8.16. The molecule has 2 N–H and O–H groups in total. The second-order valence-corrected chi connectivity index (χ2v) is 8.88. The van der Waals surface area contributed by atoms with Gasteiger partial charge in [0.1, 0.15) is 17.2 Å². The van der Waals surface area contributed by atoms with E-state index in [4.69, 9.17) is 9.44 Å². The number of nitriles is 1. The molecule has 30 heavy (non-hydrogen) atoms. The minimum atomic E-state index is -3.75. The van der Waals surface area contributed by atoms with Gasteiger partial charge < -0.3 is 14.5 Å². The fourth-order valence-corrected chi connectivity index (χ4v) is 4.11. The first-order valence-electron chi connectivity index (χ1n) is 9.64. The van der Waals surface area contributed by atoms with Crippen LogP contribution in [0.5, 0.6) is 5.75 Å². The summed E-state index contributed by atoms with van der Waals surface area (Å²) < 4.78 is 29.1. The van der Waals surface area contributed by atoms with Crippen molar-refractivity contribution in [1.82, 2.24) is 9.97 Å². The van der Waals surface area contributed by atoms with E-state index < -0.39 is 10.1 Å². The number of unbranched alkanes of at least 4 members (excludes halogenated alkanes) is 1. The Morgan fingerprint density at radius 3 is 2.73 bits per heavy atom. The van der Waals surface area contributed by atoms with Crippen molar-refractivity contribution in [2.45, 2.75) is 25.7 Å². The summed E-state index contributed by atoms with van der Waals surface area (Å²) in [6, 6.07) is 12.3. The number of aromatic nitrogens is 2. The average Bonchev–Trinajstić information content (AvgIpc) is 3.46. The Hall–Kier alpha value is -3.38. The van der Waals surface area contributed by atoms with E-state index in [2.05, 4.69) is 15.3 Å². The Labute approximate surface area is 174 Å². The summed E-state index contributed by atoms with van der Waals surface area (Å²) in [6.45, 7) is 0. The molecule has 2 heterocycles. The van der Waals surface area contributed by atoms with E-state index in [1.807, 2.05) is 18.2 Å². The fraction of sp³-hybridized carbons (Fsp3) is 0.286. The molecule has 0 spiro atoms. The van der Waals surface area contributed by atoms with Gasteiger partial charge in [0.2, 0.25) is 5.91 Å². The van der Waals surface area contributed by atoms with Crippen LogP contribution in [0.25, 0.3) is 22.2 Å². The third-order valence-electron chi connectivity index (χ3n) is 4.80. The molecule has 1 aliphatic rings. The third kappa shape index (κ3) is 4.60. The molecule has 2 aromatic heterocycles. The highest BCUT2D eigenvalue weighted by Crippen LogP contribution is 2.33. The number of hydrogen-bond acceptors (Lipinski definition) is 6. The summed E-state index contributed by atoms with van der Waals surface area (Å²) >= 11 is 0. The molecule has 9 heteroatoms. The first-order valence-corrected chi connectivity index (χ1v) is 11.2. The quantitative estimate of drug-likeness (QED) is 0.420. The topological polar surface area (TPSA) is 125 Å². The Morgan fingerprint density at radius 1 is 1.27 bits per heavy atom. The number of pyridine rings is 1. The normalized spacial score (nSPS) is 13.7. The van der Waals surface area contributed by atoms with Crippen molar-refractivity contribution in [1.29, 1.82) is 5.26 Å². The Bertz CT molecular complexity index is 1220. The minimum Gasteiger partial charge on any atom is -0.382 e. The van der Waals surface area contributed by atoms with Crippen molar-refractivity contribution in [3.63, 3.8) is 0 Å². The summed E-state index contributed by atoms with van der Waals surface area (Å²) in [4.78, 5) is 19.6. The number of nitrogens with zero attached hydrogens (tertiary/aromatic N) is 2. The SMILES string of the molecule is N#CCCCS(=O)(=O)Oc1ccc(-c2cc(NC(=O)C3CC3)nc3[nH]ccc23)cc1. The number of carbonyl (C=O) groups is 1. The number of carbonyl (C=O) groups excluding carboxylic acids is 1. The zero-order chi connectivity index (χ0) is 21.1. The van der Waals surface area contributed by atoms with Crippen molar-refractivity contribution in [3.05, 3.63) is 42.6 Å². The fourth-order valence-electron chi connectivity index (χ4n) is 3.12. The number of amides is 1. The smallest absolute Gasteiger partial charge is 0.309 e. The van der Waals surface area contributed by atoms with Gasteiger partial charge in [-0.2, -0.15) is 13.7 Å². The molecule has 0 unspecified atom stereocenters. The monoisotopic (exact) mass is 424 g/mol. The highest BCUT2D eigenvalue weighted by molar-refractivity contribution is 7.87. The van der Waals surface area contributed by atoms with Crippen LogP contribution in [0.2, 0.25) is 0 Å². The number of aromatic amines is 1. The van der Waals surface area contributed by atoms with Crippen molar-refractivity contribution in [2.75, 3.05) is 11.1 Å². The average molecular weight is 424 g/mol. The molecule has 0 atom stereocenters. The van der Waals surface area contributed by atoms with Gasteiger partial charge in [-0.3, -0.25) is 4.79 Å². The van der Waals surface area contributed by atoms with Crippen molar-refractivity contribution < 1.29 is 17.4 Å². The van der Waals surface area contributed by atoms with Crippen LogP contribution in [0, 0.1) is 17.2 Å². The summed E-state index contributed by atoms with van der Waals surface area (Å²) in [7, 11) is -3.75. The molecule has 1 fully saturated rings. The Balaban J connectivity index is 1.57. The van der Waals surface area contributed by atoms with E-state index in [1.54, 1.807) is 30.5 Å². The molecule has 0 bridgehead atoms. The number of benzene rings is 1. The zero-order valence-electron chi connectivity index (χ0n) is 16.1. The molecular formula is C21H20N4O4S. The van der Waals surface area contributed by atoms with Gasteiger partial charge in [0.15, 0.2) is 0 Å². The maximum Gasteiger partial charge on any atom is 0.309 e. The lowest BCUT2D eigenvalue weighted by Gasteiger charge is -2.10. The standard InChI is InChI=1S/C21H20N4O4S/c22-10-1-2-12-30(27,28)29-16-7-5-14(6-8-16)18-13-19(25-21(26)15-3-4-15)24-20-17(18)9-11-23-20/h5-9,11,13,15H,1-4,12H2,(H2,23,24,25,26). The number of hydrogen-bond donors (Lipinski definition) is 2. The van der Waals surface area contributed by atoms with Crippen LogP contribution in [0.3, 0.4) is 0 Å². The molecule has 154 valence electrons. The van der Waals surface area contributed by atoms with Crippen LogP contribution < -0.4 is 9.50 Å². The summed E-state index contributed by atoms with van der Waals surface area (Å²) in [6.07, 6.45) is 3.98. The highest BCUT2D eigenvalue weighted by Gasteiger charge is 2.30. The van der Waals surface area contributed by atoms with Crippen molar-refractivity contribution in [2.24, 2.45) is 5.92 Å². The molecule has 4 rings (SSSR count). The Kier molecular flexibility index (Phi) is 5.42. The molecule has 1 saturated carbocycles. The lowest BCUT2D eigenvalue weighted by molar-refractivity contribution is -0.117. The van der Waals surface area contributed by atoms with Gasteiger partial charge in [-0.05, 0) is 54.7 Å². The van der Waals surface area contributed by atoms with E-state index in [0.29, 0.717) is 11.5 Å². The second-order valence-electron chi connectivity index (χ2n) is 7.19. The van der Waals surface area contributed by atoms with Crippen molar-refractivity contribution >= 4 is 32.9 Å². The molecule has 0 saturated heterocycles. The molecule has 1 amide bonds. The molecule has 1 aliphatic carbocycles. The van der Waals surface area contributed by atoms with Gasteiger partial charge in [-0.15, -0.1) is 0 Å². The Morgan fingerprint density at radius 2 is 2.03 bits per heavy atom. The van der Waals surface area contributed by atoms with E-state index >= 15 is 0 Å². The lowest BCUT2D eigenvalue weighted by Crippen LogP contribution is -2.14.